The third-order valence-electron chi connectivity index (χ3n) is 2.46. The van der Waals surface area contributed by atoms with Gasteiger partial charge in [-0.2, -0.15) is 0 Å². The highest BCUT2D eigenvalue weighted by molar-refractivity contribution is 9.10. The van der Waals surface area contributed by atoms with Crippen LogP contribution in [0.25, 0.3) is 0 Å². The molecule has 0 atom stereocenters. The summed E-state index contributed by atoms with van der Waals surface area (Å²) in [6.07, 6.45) is 1.78. The first-order valence-electron chi connectivity index (χ1n) is 6.35. The van der Waals surface area contributed by atoms with E-state index in [-0.39, 0.29) is 6.61 Å². The van der Waals surface area contributed by atoms with Gasteiger partial charge in [-0.05, 0) is 46.3 Å². The molecule has 0 saturated heterocycles. The number of aromatic nitrogens is 1. The van der Waals surface area contributed by atoms with Crippen molar-refractivity contribution < 1.29 is 9.84 Å². The maximum atomic E-state index is 8.68. The van der Waals surface area contributed by atoms with Crippen LogP contribution in [0.5, 0.6) is 5.75 Å². The Bertz CT molecular complexity index is 652. The largest absolute Gasteiger partial charge is 0.493 e. The molecule has 0 unspecified atom stereocenters. The molecule has 0 fully saturated rings. The molecule has 5 heteroatoms. The molecule has 0 radical (unpaired) electrons. The molecule has 2 rings (SSSR count). The quantitative estimate of drug-likeness (QED) is 0.502. The Balaban J connectivity index is 1.82. The van der Waals surface area contributed by atoms with Gasteiger partial charge >= 0.3 is 0 Å². The Morgan fingerprint density at radius 2 is 2.19 bits per heavy atom. The number of hydrogen-bond donors (Lipinski definition) is 1. The van der Waals surface area contributed by atoms with E-state index in [1.165, 1.54) is 0 Å². The lowest BCUT2D eigenvalue weighted by molar-refractivity contribution is 0.344. The zero-order valence-corrected chi connectivity index (χ0v) is 13.7. The Morgan fingerprint density at radius 3 is 3.00 bits per heavy atom. The number of aliphatic hydroxyl groups is 1. The molecule has 0 saturated carbocycles. The van der Waals surface area contributed by atoms with Crippen molar-refractivity contribution in [2.45, 2.75) is 5.03 Å². The maximum absolute atomic E-state index is 8.68. The molecule has 0 aliphatic carbocycles. The van der Waals surface area contributed by atoms with Crippen LogP contribution < -0.4 is 4.74 Å². The summed E-state index contributed by atoms with van der Waals surface area (Å²) in [4.78, 5) is 4.29. The van der Waals surface area contributed by atoms with Gasteiger partial charge in [0.05, 0.1) is 6.61 Å². The average molecular weight is 364 g/mol. The number of nitrogens with zero attached hydrogens (tertiary/aromatic N) is 1. The van der Waals surface area contributed by atoms with E-state index in [9.17, 15) is 0 Å². The van der Waals surface area contributed by atoms with Crippen molar-refractivity contribution in [2.75, 3.05) is 19.0 Å². The van der Waals surface area contributed by atoms with Crippen LogP contribution in [0.15, 0.2) is 52.1 Å². The van der Waals surface area contributed by atoms with Crippen LogP contribution in [-0.2, 0) is 0 Å². The number of pyridine rings is 1. The first-order chi connectivity index (χ1) is 10.3. The summed E-state index contributed by atoms with van der Waals surface area (Å²) in [5.74, 6) is 7.06. The normalized spacial score (nSPS) is 9.81. The van der Waals surface area contributed by atoms with E-state index in [4.69, 9.17) is 9.84 Å². The average Bonchev–Trinajstić information content (AvgIpc) is 2.51. The third kappa shape index (κ3) is 5.43. The second kappa shape index (κ2) is 8.73. The smallest absolute Gasteiger partial charge is 0.120 e. The summed E-state index contributed by atoms with van der Waals surface area (Å²) in [7, 11) is 0. The molecular formula is C16H14BrNO2S. The lowest BCUT2D eigenvalue weighted by Gasteiger charge is -2.06. The highest BCUT2D eigenvalue weighted by atomic mass is 79.9. The molecule has 0 spiro atoms. The summed E-state index contributed by atoms with van der Waals surface area (Å²) in [6, 6.07) is 11.4. The van der Waals surface area contributed by atoms with E-state index < -0.39 is 0 Å². The van der Waals surface area contributed by atoms with Crippen molar-refractivity contribution in [3.05, 3.63) is 52.6 Å². The number of halogens is 1. The van der Waals surface area contributed by atoms with Crippen molar-refractivity contribution in [2.24, 2.45) is 0 Å². The summed E-state index contributed by atoms with van der Waals surface area (Å²) in [5, 5.41) is 9.65. The molecule has 1 N–H and O–H groups in total. The van der Waals surface area contributed by atoms with Crippen LogP contribution in [-0.4, -0.2) is 29.1 Å². The Morgan fingerprint density at radius 1 is 1.29 bits per heavy atom. The standard InChI is InChI=1S/C16H14BrNO2S/c17-15-7-2-8-18-16(15)21-11-10-20-14-6-1-4-13(12-14)5-3-9-19/h1-2,4,6-8,12,19H,9-11H2. The molecule has 1 aromatic carbocycles. The summed E-state index contributed by atoms with van der Waals surface area (Å²) < 4.78 is 6.69. The molecule has 108 valence electrons. The van der Waals surface area contributed by atoms with E-state index in [1.54, 1.807) is 18.0 Å². The van der Waals surface area contributed by atoms with Gasteiger partial charge in [0.1, 0.15) is 17.4 Å². The fraction of sp³-hybridized carbons (Fsp3) is 0.188. The molecule has 2 aromatic rings. The van der Waals surface area contributed by atoms with E-state index >= 15 is 0 Å². The first kappa shape index (κ1) is 15.9. The van der Waals surface area contributed by atoms with Gasteiger partial charge in [0.15, 0.2) is 0 Å². The van der Waals surface area contributed by atoms with Crippen molar-refractivity contribution in [3.8, 4) is 17.6 Å². The predicted molar refractivity (Wildman–Crippen MR) is 88.6 cm³/mol. The minimum Gasteiger partial charge on any atom is -0.493 e. The molecule has 0 bridgehead atoms. The minimum absolute atomic E-state index is 0.138. The highest BCUT2D eigenvalue weighted by Gasteiger charge is 2.01. The van der Waals surface area contributed by atoms with Crippen LogP contribution >= 0.6 is 27.7 Å². The van der Waals surface area contributed by atoms with E-state index in [0.717, 1.165) is 26.6 Å². The summed E-state index contributed by atoms with van der Waals surface area (Å²) in [5.41, 5.74) is 0.835. The van der Waals surface area contributed by atoms with Gasteiger partial charge in [-0.3, -0.25) is 0 Å². The molecule has 0 aliphatic rings. The van der Waals surface area contributed by atoms with Crippen molar-refractivity contribution >= 4 is 27.7 Å². The van der Waals surface area contributed by atoms with Crippen molar-refractivity contribution in [3.63, 3.8) is 0 Å². The van der Waals surface area contributed by atoms with Gasteiger partial charge in [-0.15, -0.1) is 11.8 Å². The first-order valence-corrected chi connectivity index (χ1v) is 8.13. The number of thioether (sulfide) groups is 1. The Labute approximate surface area is 136 Å². The lowest BCUT2D eigenvalue weighted by Crippen LogP contribution is -2.00. The monoisotopic (exact) mass is 363 g/mol. The van der Waals surface area contributed by atoms with Crippen LogP contribution in [0.3, 0.4) is 0 Å². The second-order valence-corrected chi connectivity index (χ2v) is 5.91. The summed E-state index contributed by atoms with van der Waals surface area (Å²) in [6.45, 7) is 0.450. The van der Waals surface area contributed by atoms with Gasteiger partial charge in [0.2, 0.25) is 0 Å². The Hall–Kier alpha value is -1.48. The fourth-order valence-electron chi connectivity index (χ4n) is 1.58. The van der Waals surface area contributed by atoms with E-state index in [1.807, 2.05) is 36.4 Å². The van der Waals surface area contributed by atoms with Gasteiger partial charge in [-0.25, -0.2) is 4.98 Å². The van der Waals surface area contributed by atoms with Crippen LogP contribution in [0.4, 0.5) is 0 Å². The molecular weight excluding hydrogens is 350 g/mol. The SMILES string of the molecule is OCC#Cc1cccc(OCCSc2ncccc2Br)c1. The van der Waals surface area contributed by atoms with Gasteiger partial charge in [-0.1, -0.05) is 17.9 Å². The van der Waals surface area contributed by atoms with Crippen LogP contribution in [0.1, 0.15) is 5.56 Å². The van der Waals surface area contributed by atoms with Crippen LogP contribution in [0, 0.1) is 11.8 Å². The van der Waals surface area contributed by atoms with Crippen molar-refractivity contribution in [1.82, 2.24) is 4.98 Å². The van der Waals surface area contributed by atoms with Gasteiger partial charge < -0.3 is 9.84 Å². The molecule has 3 nitrogen and oxygen atoms in total. The van der Waals surface area contributed by atoms with E-state index in [0.29, 0.717) is 6.61 Å². The minimum atomic E-state index is -0.138. The van der Waals surface area contributed by atoms with E-state index in [2.05, 4.69) is 32.8 Å². The highest BCUT2D eigenvalue weighted by Crippen LogP contribution is 2.24. The third-order valence-corrected chi connectivity index (χ3v) is 4.33. The van der Waals surface area contributed by atoms with Gasteiger partial charge in [0.25, 0.3) is 0 Å². The van der Waals surface area contributed by atoms with Crippen molar-refractivity contribution in [1.29, 1.82) is 0 Å². The topological polar surface area (TPSA) is 42.4 Å². The zero-order valence-electron chi connectivity index (χ0n) is 11.3. The molecule has 1 aromatic heterocycles. The van der Waals surface area contributed by atoms with Crippen LogP contribution in [0.2, 0.25) is 0 Å². The summed E-state index contributed by atoms with van der Waals surface area (Å²) >= 11 is 5.11. The molecule has 21 heavy (non-hydrogen) atoms. The predicted octanol–water partition coefficient (Wildman–Crippen LogP) is 3.36. The zero-order chi connectivity index (χ0) is 14.9. The number of aliphatic hydroxyl groups excluding tert-OH is 1. The number of hydrogen-bond acceptors (Lipinski definition) is 4. The van der Waals surface area contributed by atoms with Gasteiger partial charge in [0, 0.05) is 22.0 Å². The number of ether oxygens (including phenoxy) is 1. The maximum Gasteiger partial charge on any atom is 0.120 e. The lowest BCUT2D eigenvalue weighted by atomic mass is 10.2. The second-order valence-electron chi connectivity index (χ2n) is 3.98. The molecule has 1 heterocycles. The Kier molecular flexibility index (Phi) is 6.61. The fourth-order valence-corrected chi connectivity index (χ4v) is 2.88. The number of benzene rings is 1. The molecule has 0 aliphatic heterocycles. The number of rotatable bonds is 5. The molecule has 0 amide bonds.